The van der Waals surface area contributed by atoms with Crippen LogP contribution >= 0.6 is 24.0 Å². The number of rotatable bonds is 8. The molecule has 8 heteroatoms. The zero-order valence-corrected chi connectivity index (χ0v) is 16.6. The Morgan fingerprint density at radius 3 is 2.64 bits per heavy atom. The van der Waals surface area contributed by atoms with Crippen LogP contribution in [0.2, 0.25) is 0 Å². The number of nitrogens with zero attached hydrogens (tertiary/aromatic N) is 3. The van der Waals surface area contributed by atoms with E-state index in [0.29, 0.717) is 12.5 Å². The molecule has 1 aromatic carbocycles. The number of aryl methyl sites for hydroxylation is 1. The van der Waals surface area contributed by atoms with E-state index in [1.165, 1.54) is 0 Å². The van der Waals surface area contributed by atoms with Gasteiger partial charge in [0.2, 0.25) is 5.91 Å². The van der Waals surface area contributed by atoms with Crippen molar-refractivity contribution in [1.82, 2.24) is 25.7 Å². The van der Waals surface area contributed by atoms with E-state index in [-0.39, 0.29) is 36.4 Å². The van der Waals surface area contributed by atoms with Gasteiger partial charge < -0.3 is 16.0 Å². The van der Waals surface area contributed by atoms with Crippen LogP contribution in [0.25, 0.3) is 0 Å². The predicted octanol–water partition coefficient (Wildman–Crippen LogP) is 1.37. The van der Waals surface area contributed by atoms with E-state index in [9.17, 15) is 4.79 Å². The molecule has 0 aliphatic heterocycles. The molecule has 1 aromatic heterocycles. The first kappa shape index (κ1) is 20.9. The zero-order valence-electron chi connectivity index (χ0n) is 14.3. The van der Waals surface area contributed by atoms with E-state index in [1.807, 2.05) is 47.3 Å². The van der Waals surface area contributed by atoms with E-state index in [1.54, 1.807) is 13.2 Å². The summed E-state index contributed by atoms with van der Waals surface area (Å²) >= 11 is 0. The van der Waals surface area contributed by atoms with Crippen molar-refractivity contribution < 1.29 is 4.79 Å². The maximum atomic E-state index is 11.9. The standard InChI is InChI=1S/C17H24N6O.HI/c1-18-17(19-9-5-11-23-12-6-10-22-23)21-14-16(24)20-13-15-7-3-2-4-8-15;/h2-4,6-8,10,12H,5,9,11,13-14H2,1H3,(H,20,24)(H2,18,19,21);1H. The van der Waals surface area contributed by atoms with Crippen molar-refractivity contribution >= 4 is 35.8 Å². The molecule has 0 aliphatic rings. The van der Waals surface area contributed by atoms with Crippen LogP contribution in [0, 0.1) is 0 Å². The lowest BCUT2D eigenvalue weighted by molar-refractivity contribution is -0.120. The number of halogens is 1. The van der Waals surface area contributed by atoms with Gasteiger partial charge in [0.25, 0.3) is 0 Å². The van der Waals surface area contributed by atoms with Crippen LogP contribution in [0.1, 0.15) is 12.0 Å². The zero-order chi connectivity index (χ0) is 17.0. The van der Waals surface area contributed by atoms with Crippen molar-refractivity contribution in [3.63, 3.8) is 0 Å². The largest absolute Gasteiger partial charge is 0.356 e. The molecule has 0 spiro atoms. The van der Waals surface area contributed by atoms with Crippen molar-refractivity contribution in [2.24, 2.45) is 4.99 Å². The van der Waals surface area contributed by atoms with Gasteiger partial charge in [-0.2, -0.15) is 5.10 Å². The minimum Gasteiger partial charge on any atom is -0.356 e. The quantitative estimate of drug-likeness (QED) is 0.243. The van der Waals surface area contributed by atoms with Gasteiger partial charge in [-0.25, -0.2) is 0 Å². The lowest BCUT2D eigenvalue weighted by Gasteiger charge is -2.12. The second-order valence-corrected chi connectivity index (χ2v) is 5.24. The van der Waals surface area contributed by atoms with E-state index in [4.69, 9.17) is 0 Å². The first-order valence-electron chi connectivity index (χ1n) is 8.00. The van der Waals surface area contributed by atoms with Crippen LogP contribution in [0.3, 0.4) is 0 Å². The number of amides is 1. The average molecular weight is 456 g/mol. The summed E-state index contributed by atoms with van der Waals surface area (Å²) in [5.41, 5.74) is 1.08. The maximum absolute atomic E-state index is 11.9. The van der Waals surface area contributed by atoms with Crippen molar-refractivity contribution in [1.29, 1.82) is 0 Å². The summed E-state index contributed by atoms with van der Waals surface area (Å²) in [6.07, 6.45) is 4.62. The number of carbonyl (C=O) groups excluding carboxylic acids is 1. The lowest BCUT2D eigenvalue weighted by atomic mass is 10.2. The summed E-state index contributed by atoms with van der Waals surface area (Å²) in [6, 6.07) is 11.7. The minimum atomic E-state index is -0.0710. The number of nitrogens with one attached hydrogen (secondary N) is 3. The Morgan fingerprint density at radius 2 is 1.96 bits per heavy atom. The molecule has 3 N–H and O–H groups in total. The highest BCUT2D eigenvalue weighted by molar-refractivity contribution is 14.0. The third-order valence-corrected chi connectivity index (χ3v) is 3.39. The molecule has 2 rings (SSSR count). The fourth-order valence-corrected chi connectivity index (χ4v) is 2.12. The average Bonchev–Trinajstić information content (AvgIpc) is 3.13. The third kappa shape index (κ3) is 8.52. The first-order valence-corrected chi connectivity index (χ1v) is 8.00. The Kier molecular flexibility index (Phi) is 10.3. The first-order chi connectivity index (χ1) is 11.8. The Labute approximate surface area is 165 Å². The van der Waals surface area contributed by atoms with Crippen LogP contribution in [0.5, 0.6) is 0 Å². The van der Waals surface area contributed by atoms with Gasteiger partial charge in [0, 0.05) is 39.1 Å². The molecule has 0 aliphatic carbocycles. The molecule has 25 heavy (non-hydrogen) atoms. The van der Waals surface area contributed by atoms with E-state index < -0.39 is 0 Å². The monoisotopic (exact) mass is 456 g/mol. The normalized spacial score (nSPS) is 10.7. The number of guanidine groups is 1. The summed E-state index contributed by atoms with van der Waals surface area (Å²) in [7, 11) is 1.69. The molecule has 0 saturated heterocycles. The summed E-state index contributed by atoms with van der Waals surface area (Å²) in [4.78, 5) is 16.0. The molecule has 0 bridgehead atoms. The van der Waals surface area contributed by atoms with Gasteiger partial charge in [-0.1, -0.05) is 30.3 Å². The van der Waals surface area contributed by atoms with Gasteiger partial charge in [0.15, 0.2) is 5.96 Å². The molecule has 0 fully saturated rings. The minimum absolute atomic E-state index is 0. The van der Waals surface area contributed by atoms with Gasteiger partial charge >= 0.3 is 0 Å². The second kappa shape index (κ2) is 12.3. The third-order valence-electron chi connectivity index (χ3n) is 3.39. The van der Waals surface area contributed by atoms with Crippen LogP contribution in [0.15, 0.2) is 53.8 Å². The summed E-state index contributed by atoms with van der Waals surface area (Å²) in [5.74, 6) is 0.545. The van der Waals surface area contributed by atoms with Crippen molar-refractivity contribution in [2.75, 3.05) is 20.1 Å². The Balaban J connectivity index is 0.00000312. The van der Waals surface area contributed by atoms with Crippen LogP contribution in [-0.4, -0.2) is 41.8 Å². The van der Waals surface area contributed by atoms with E-state index in [0.717, 1.165) is 25.1 Å². The SMILES string of the molecule is CN=C(NCCCn1cccn1)NCC(=O)NCc1ccccc1.I. The predicted molar refractivity (Wildman–Crippen MR) is 110 cm³/mol. The van der Waals surface area contributed by atoms with Gasteiger partial charge in [-0.15, -0.1) is 24.0 Å². The molecular weight excluding hydrogens is 431 g/mol. The van der Waals surface area contributed by atoms with Gasteiger partial charge in [-0.3, -0.25) is 14.5 Å². The number of carbonyl (C=O) groups is 1. The summed E-state index contributed by atoms with van der Waals surface area (Å²) in [6.45, 7) is 2.31. The van der Waals surface area contributed by atoms with Crippen LogP contribution < -0.4 is 16.0 Å². The molecule has 136 valence electrons. The van der Waals surface area contributed by atoms with Gasteiger partial charge in [-0.05, 0) is 18.1 Å². The molecule has 1 amide bonds. The van der Waals surface area contributed by atoms with Crippen molar-refractivity contribution in [3.8, 4) is 0 Å². The highest BCUT2D eigenvalue weighted by Crippen LogP contribution is 1.96. The molecule has 0 radical (unpaired) electrons. The molecule has 1 heterocycles. The summed E-state index contributed by atoms with van der Waals surface area (Å²) < 4.78 is 1.88. The molecular formula is C17H25IN6O. The Morgan fingerprint density at radius 1 is 1.16 bits per heavy atom. The van der Waals surface area contributed by atoms with Gasteiger partial charge in [0.05, 0.1) is 6.54 Å². The second-order valence-electron chi connectivity index (χ2n) is 5.24. The van der Waals surface area contributed by atoms with E-state index >= 15 is 0 Å². The number of aromatic nitrogens is 2. The molecule has 2 aromatic rings. The Bertz CT molecular complexity index is 630. The molecule has 0 atom stereocenters. The van der Waals surface area contributed by atoms with E-state index in [2.05, 4.69) is 26.0 Å². The molecule has 0 saturated carbocycles. The van der Waals surface area contributed by atoms with Gasteiger partial charge in [0.1, 0.15) is 0 Å². The van der Waals surface area contributed by atoms with Crippen molar-refractivity contribution in [3.05, 3.63) is 54.4 Å². The van der Waals surface area contributed by atoms with Crippen LogP contribution in [0.4, 0.5) is 0 Å². The smallest absolute Gasteiger partial charge is 0.239 e. The highest BCUT2D eigenvalue weighted by atomic mass is 127. The number of benzene rings is 1. The fraction of sp³-hybridized carbons (Fsp3) is 0.353. The number of aliphatic imine (C=N–C) groups is 1. The lowest BCUT2D eigenvalue weighted by Crippen LogP contribution is -2.43. The Hall–Kier alpha value is -2.10. The number of hydrogen-bond acceptors (Lipinski definition) is 3. The molecule has 7 nitrogen and oxygen atoms in total. The van der Waals surface area contributed by atoms with Crippen molar-refractivity contribution in [2.45, 2.75) is 19.5 Å². The maximum Gasteiger partial charge on any atom is 0.239 e. The fourth-order valence-electron chi connectivity index (χ4n) is 2.12. The highest BCUT2D eigenvalue weighted by Gasteiger charge is 2.03. The van der Waals surface area contributed by atoms with Crippen LogP contribution in [-0.2, 0) is 17.9 Å². The summed E-state index contributed by atoms with van der Waals surface area (Å²) in [5, 5.41) is 13.2. The topological polar surface area (TPSA) is 83.3 Å². The molecule has 0 unspecified atom stereocenters. The number of hydrogen-bond donors (Lipinski definition) is 3.